The van der Waals surface area contributed by atoms with Gasteiger partial charge >= 0.3 is 5.97 Å². The van der Waals surface area contributed by atoms with Crippen LogP contribution in [0.4, 0.5) is 5.82 Å². The molecule has 9 heteroatoms. The van der Waals surface area contributed by atoms with Crippen molar-refractivity contribution < 1.29 is 24.3 Å². The van der Waals surface area contributed by atoms with Gasteiger partial charge < -0.3 is 9.94 Å². The van der Waals surface area contributed by atoms with Crippen LogP contribution >= 0.6 is 0 Å². The van der Waals surface area contributed by atoms with Gasteiger partial charge in [-0.25, -0.2) is 4.79 Å². The molecule has 1 aliphatic heterocycles. The van der Waals surface area contributed by atoms with E-state index in [-0.39, 0.29) is 17.4 Å². The molecule has 0 saturated carbocycles. The number of rotatable bonds is 9. The van der Waals surface area contributed by atoms with E-state index in [1.807, 2.05) is 48.5 Å². The van der Waals surface area contributed by atoms with Gasteiger partial charge in [0.1, 0.15) is 5.71 Å². The number of hydrogen-bond acceptors (Lipinski definition) is 7. The fourth-order valence-corrected chi connectivity index (χ4v) is 4.62. The van der Waals surface area contributed by atoms with E-state index in [9.17, 15) is 14.4 Å². The molecule has 0 spiro atoms. The van der Waals surface area contributed by atoms with E-state index in [1.165, 1.54) is 4.90 Å². The molecule has 1 saturated heterocycles. The lowest BCUT2D eigenvalue weighted by Crippen LogP contribution is -2.32. The van der Waals surface area contributed by atoms with Gasteiger partial charge in [0, 0.05) is 5.56 Å². The van der Waals surface area contributed by atoms with Crippen molar-refractivity contribution in [3.8, 4) is 0 Å². The van der Waals surface area contributed by atoms with Gasteiger partial charge in [-0.1, -0.05) is 81.4 Å². The lowest BCUT2D eigenvalue weighted by Gasteiger charge is -2.27. The smallest absolute Gasteiger partial charge is 0.344 e. The van der Waals surface area contributed by atoms with Crippen molar-refractivity contribution in [1.29, 1.82) is 0 Å². The largest absolute Gasteiger partial charge is 0.479 e. The molecule has 1 amide bonds. The van der Waals surface area contributed by atoms with E-state index < -0.39 is 36.2 Å². The predicted octanol–water partition coefficient (Wildman–Crippen LogP) is 4.81. The van der Waals surface area contributed by atoms with Crippen molar-refractivity contribution in [1.82, 2.24) is 10.2 Å². The Morgan fingerprint density at radius 3 is 2.03 bits per heavy atom. The van der Waals surface area contributed by atoms with Gasteiger partial charge in [-0.15, -0.1) is 5.10 Å². The normalized spacial score (nSPS) is 17.8. The van der Waals surface area contributed by atoms with Crippen molar-refractivity contribution in [2.45, 2.75) is 52.5 Å². The molecule has 4 rings (SSSR count). The van der Waals surface area contributed by atoms with E-state index >= 15 is 0 Å². The number of aromatic nitrogens is 2. The highest BCUT2D eigenvalue weighted by Crippen LogP contribution is 2.41. The summed E-state index contributed by atoms with van der Waals surface area (Å²) in [5, 5.41) is 21.6. The van der Waals surface area contributed by atoms with Crippen LogP contribution in [0, 0.1) is 12.8 Å². The van der Waals surface area contributed by atoms with Crippen LogP contribution in [-0.2, 0) is 19.2 Å². The summed E-state index contributed by atoms with van der Waals surface area (Å²) in [7, 11) is 0. The van der Waals surface area contributed by atoms with Crippen LogP contribution in [0.25, 0.3) is 0 Å². The Labute approximate surface area is 227 Å². The Hall–Kier alpha value is -4.40. The Kier molecular flexibility index (Phi) is 8.18. The topological polar surface area (TPSA) is 122 Å². The van der Waals surface area contributed by atoms with Gasteiger partial charge in [-0.2, -0.15) is 5.10 Å². The number of hydrogen-bond donors (Lipinski definition) is 1. The number of carbonyl (C=O) groups excluding carboxylic acids is 2. The molecule has 39 heavy (non-hydrogen) atoms. The number of carboxylic acid groups (broad SMARTS) is 1. The van der Waals surface area contributed by atoms with Crippen molar-refractivity contribution in [3.63, 3.8) is 0 Å². The zero-order chi connectivity index (χ0) is 28.3. The predicted molar refractivity (Wildman–Crippen MR) is 147 cm³/mol. The first-order chi connectivity index (χ1) is 18.6. The average molecular weight is 529 g/mol. The summed E-state index contributed by atoms with van der Waals surface area (Å²) in [6, 6.07) is 17.8. The maximum atomic E-state index is 13.7. The summed E-state index contributed by atoms with van der Waals surface area (Å²) in [6.07, 6.45) is 0. The zero-order valence-corrected chi connectivity index (χ0v) is 22.7. The second kappa shape index (κ2) is 11.6. The molecule has 0 aliphatic carbocycles. The van der Waals surface area contributed by atoms with Gasteiger partial charge in [0.15, 0.2) is 5.82 Å². The van der Waals surface area contributed by atoms with Crippen molar-refractivity contribution >= 4 is 29.2 Å². The second-order valence-electron chi connectivity index (χ2n) is 10.2. The zero-order valence-electron chi connectivity index (χ0n) is 22.7. The van der Waals surface area contributed by atoms with E-state index in [4.69, 9.17) is 9.94 Å². The highest BCUT2D eigenvalue weighted by molar-refractivity contribution is 6.49. The summed E-state index contributed by atoms with van der Waals surface area (Å²) < 4.78 is 0. The van der Waals surface area contributed by atoms with Crippen LogP contribution in [0.5, 0.6) is 0 Å². The number of oxime groups is 1. The first-order valence-corrected chi connectivity index (χ1v) is 12.9. The summed E-state index contributed by atoms with van der Waals surface area (Å²) in [6.45, 7) is 9.39. The quantitative estimate of drug-likeness (QED) is 0.240. The molecular formula is C30H32N4O5. The second-order valence-corrected chi connectivity index (χ2v) is 10.2. The molecule has 2 unspecified atom stereocenters. The number of aliphatic carboxylic acids is 1. The third-order valence-corrected chi connectivity index (χ3v) is 6.80. The van der Waals surface area contributed by atoms with Crippen molar-refractivity contribution in [3.05, 3.63) is 88.6 Å². The molecule has 9 nitrogen and oxygen atoms in total. The number of amides is 1. The van der Waals surface area contributed by atoms with Crippen LogP contribution in [0.1, 0.15) is 73.5 Å². The number of carbonyl (C=O) groups is 3. The monoisotopic (exact) mass is 528 g/mol. The summed E-state index contributed by atoms with van der Waals surface area (Å²) >= 11 is 0. The minimum Gasteiger partial charge on any atom is -0.479 e. The minimum atomic E-state index is -1.21. The molecule has 0 bridgehead atoms. The Morgan fingerprint density at radius 1 is 0.923 bits per heavy atom. The van der Waals surface area contributed by atoms with Gasteiger partial charge in [0.05, 0.1) is 17.7 Å². The number of Topliss-reactive ketones (excluding diaryl/α,β-unsaturated/α-hetero) is 1. The number of anilines is 1. The maximum absolute atomic E-state index is 13.7. The van der Waals surface area contributed by atoms with Crippen LogP contribution in [0.3, 0.4) is 0 Å². The SMILES string of the molecule is Cc1ccc(N2C(=O)C(=O)C(C(=NOCC(=O)O)c3ccc(C(C)C)cc3)C2c2ccc(C(C)C)cc2)nn1. The number of nitrogens with zero attached hydrogens (tertiary/aromatic N) is 4. The van der Waals surface area contributed by atoms with Gasteiger partial charge in [0.25, 0.3) is 5.91 Å². The molecule has 2 atom stereocenters. The average Bonchev–Trinajstić information content (AvgIpc) is 3.17. The first-order valence-electron chi connectivity index (χ1n) is 12.9. The van der Waals surface area contributed by atoms with Gasteiger partial charge in [0.2, 0.25) is 12.4 Å². The Morgan fingerprint density at radius 2 is 1.51 bits per heavy atom. The molecule has 202 valence electrons. The van der Waals surface area contributed by atoms with Crippen LogP contribution in [-0.4, -0.2) is 45.3 Å². The molecule has 1 aliphatic rings. The van der Waals surface area contributed by atoms with E-state index in [0.717, 1.165) is 11.1 Å². The molecule has 0 radical (unpaired) electrons. The standard InChI is InChI=1S/C30H32N4O5/c1-17(2)20-7-11-22(12-8-20)27(33-39-16-25(35)36)26-28(23-13-9-21(10-14-23)18(3)4)34(30(38)29(26)37)24-15-6-19(5)31-32-24/h6-15,17-18,26,28H,16H2,1-5H3,(H,35,36). The van der Waals surface area contributed by atoms with Crippen LogP contribution < -0.4 is 4.90 Å². The summed E-state index contributed by atoms with van der Waals surface area (Å²) in [5.41, 5.74) is 4.28. The molecule has 2 aromatic carbocycles. The Balaban J connectivity index is 1.89. The highest BCUT2D eigenvalue weighted by Gasteiger charge is 2.52. The molecule has 1 aromatic heterocycles. The fourth-order valence-electron chi connectivity index (χ4n) is 4.62. The Bertz CT molecular complexity index is 1380. The number of aryl methyl sites for hydroxylation is 1. The molecule has 2 heterocycles. The third-order valence-electron chi connectivity index (χ3n) is 6.80. The van der Waals surface area contributed by atoms with Crippen LogP contribution in [0.2, 0.25) is 0 Å². The minimum absolute atomic E-state index is 0.172. The molecule has 3 aromatic rings. The van der Waals surface area contributed by atoms with Crippen molar-refractivity contribution in [2.75, 3.05) is 11.5 Å². The summed E-state index contributed by atoms with van der Waals surface area (Å²) in [4.78, 5) is 44.9. The first kappa shape index (κ1) is 27.6. The van der Waals surface area contributed by atoms with Gasteiger partial charge in [-0.3, -0.25) is 14.5 Å². The van der Waals surface area contributed by atoms with Gasteiger partial charge in [-0.05, 0) is 47.6 Å². The highest BCUT2D eigenvalue weighted by atomic mass is 16.6. The third kappa shape index (κ3) is 5.87. The molecule has 1 fully saturated rings. The molecular weight excluding hydrogens is 496 g/mol. The van der Waals surface area contributed by atoms with E-state index in [1.54, 1.807) is 19.1 Å². The fraction of sp³-hybridized carbons (Fsp3) is 0.333. The lowest BCUT2D eigenvalue weighted by atomic mass is 9.84. The lowest BCUT2D eigenvalue weighted by molar-refractivity contribution is -0.142. The maximum Gasteiger partial charge on any atom is 0.344 e. The van der Waals surface area contributed by atoms with Crippen molar-refractivity contribution in [2.24, 2.45) is 11.1 Å². The van der Waals surface area contributed by atoms with E-state index in [2.05, 4.69) is 43.0 Å². The number of ketones is 1. The van der Waals surface area contributed by atoms with E-state index in [0.29, 0.717) is 22.7 Å². The number of benzene rings is 2. The van der Waals surface area contributed by atoms with Crippen LogP contribution in [0.15, 0.2) is 65.8 Å². The summed E-state index contributed by atoms with van der Waals surface area (Å²) in [5.74, 6) is -2.92. The number of carboxylic acids is 1. The molecule has 1 N–H and O–H groups in total.